The molecule has 0 unspecified atom stereocenters. The first-order valence-electron chi connectivity index (χ1n) is 9.47. The van der Waals surface area contributed by atoms with Gasteiger partial charge in [-0.05, 0) is 57.2 Å². The van der Waals surface area contributed by atoms with Crippen molar-refractivity contribution in [3.63, 3.8) is 0 Å². The summed E-state index contributed by atoms with van der Waals surface area (Å²) in [6, 6.07) is 5.92. The Morgan fingerprint density at radius 3 is 2.23 bits per heavy atom. The molecule has 5 nitrogen and oxygen atoms in total. The highest BCUT2D eigenvalue weighted by Gasteiger charge is 2.47. The van der Waals surface area contributed by atoms with Gasteiger partial charge in [-0.1, -0.05) is 18.2 Å². The Kier molecular flexibility index (Phi) is 7.21. The van der Waals surface area contributed by atoms with Gasteiger partial charge >= 0.3 is 11.9 Å². The minimum absolute atomic E-state index is 0.111. The minimum Gasteiger partial charge on any atom is -0.463 e. The molecule has 0 heterocycles. The zero-order valence-corrected chi connectivity index (χ0v) is 16.3. The van der Waals surface area contributed by atoms with Crippen LogP contribution in [0.2, 0.25) is 0 Å². The van der Waals surface area contributed by atoms with Crippen molar-refractivity contribution in [1.29, 1.82) is 0 Å². The lowest BCUT2D eigenvalue weighted by Crippen LogP contribution is -2.48. The highest BCUT2D eigenvalue weighted by atomic mass is 16.6. The van der Waals surface area contributed by atoms with Gasteiger partial charge in [-0.25, -0.2) is 4.79 Å². The maximum atomic E-state index is 12.6. The fourth-order valence-corrected chi connectivity index (χ4v) is 3.60. The molecule has 26 heavy (non-hydrogen) atoms. The predicted molar refractivity (Wildman–Crippen MR) is 99.0 cm³/mol. The number of benzene rings is 1. The Hall–Kier alpha value is -1.88. The summed E-state index contributed by atoms with van der Waals surface area (Å²) in [5.74, 6) is -0.824. The molecule has 1 aromatic carbocycles. The largest absolute Gasteiger partial charge is 0.463 e. The van der Waals surface area contributed by atoms with Crippen molar-refractivity contribution < 1.29 is 23.8 Å². The molecular formula is C21H30O5. The summed E-state index contributed by atoms with van der Waals surface area (Å²) in [6.07, 6.45) is 2.52. The van der Waals surface area contributed by atoms with E-state index >= 15 is 0 Å². The topological polar surface area (TPSA) is 61.8 Å². The van der Waals surface area contributed by atoms with E-state index in [0.717, 1.165) is 16.7 Å². The van der Waals surface area contributed by atoms with Crippen LogP contribution in [0.25, 0.3) is 0 Å². The van der Waals surface area contributed by atoms with Gasteiger partial charge in [0, 0.05) is 19.4 Å². The second kappa shape index (κ2) is 9.17. The number of carbonyl (C=O) groups excluding carboxylic acids is 2. The Bertz CT molecular complexity index is 609. The van der Waals surface area contributed by atoms with E-state index in [-0.39, 0.29) is 25.1 Å². The number of hydrogen-bond acceptors (Lipinski definition) is 5. The second-order valence-corrected chi connectivity index (χ2v) is 6.89. The van der Waals surface area contributed by atoms with Crippen molar-refractivity contribution >= 4 is 11.9 Å². The number of esters is 2. The Balaban J connectivity index is 2.11. The van der Waals surface area contributed by atoms with Crippen LogP contribution in [0.4, 0.5) is 0 Å². The average molecular weight is 362 g/mol. The first-order valence-corrected chi connectivity index (χ1v) is 9.47. The van der Waals surface area contributed by atoms with Crippen molar-refractivity contribution in [2.24, 2.45) is 0 Å². The van der Waals surface area contributed by atoms with Gasteiger partial charge in [-0.2, -0.15) is 0 Å². The molecule has 0 amide bonds. The Morgan fingerprint density at radius 2 is 1.69 bits per heavy atom. The van der Waals surface area contributed by atoms with Gasteiger partial charge in [0.1, 0.15) is 0 Å². The zero-order chi connectivity index (χ0) is 19.2. The molecule has 1 aliphatic carbocycles. The number of rotatable bonds is 7. The third kappa shape index (κ3) is 4.85. The SMILES string of the molecule is CCOC(=O)C1(OC(=O)Cc2c(C)cccc2C)CCC(OCC)CC1. The van der Waals surface area contributed by atoms with E-state index in [9.17, 15) is 9.59 Å². The normalized spacial score (nSPS) is 22.7. The molecule has 1 aliphatic rings. The van der Waals surface area contributed by atoms with Gasteiger partial charge in [0.2, 0.25) is 5.60 Å². The van der Waals surface area contributed by atoms with E-state index in [0.29, 0.717) is 32.3 Å². The van der Waals surface area contributed by atoms with Crippen LogP contribution < -0.4 is 0 Å². The standard InChI is InChI=1S/C21H30O5/c1-5-24-17-10-12-21(13-11-17,20(23)25-6-2)26-19(22)14-18-15(3)8-7-9-16(18)4/h7-9,17H,5-6,10-14H2,1-4H3. The van der Waals surface area contributed by atoms with Gasteiger partial charge in [-0.3, -0.25) is 4.79 Å². The lowest BCUT2D eigenvalue weighted by atomic mass is 9.83. The average Bonchev–Trinajstić information content (AvgIpc) is 2.60. The second-order valence-electron chi connectivity index (χ2n) is 6.89. The van der Waals surface area contributed by atoms with Crippen molar-refractivity contribution in [3.8, 4) is 0 Å². The molecule has 0 radical (unpaired) electrons. The molecule has 1 saturated carbocycles. The third-order valence-electron chi connectivity index (χ3n) is 5.06. The molecule has 0 aliphatic heterocycles. The predicted octanol–water partition coefficient (Wildman–Crippen LogP) is 3.67. The molecular weight excluding hydrogens is 332 g/mol. The maximum Gasteiger partial charge on any atom is 0.350 e. The van der Waals surface area contributed by atoms with Crippen LogP contribution in [-0.2, 0) is 30.2 Å². The van der Waals surface area contributed by atoms with Crippen molar-refractivity contribution in [2.75, 3.05) is 13.2 Å². The molecule has 0 spiro atoms. The van der Waals surface area contributed by atoms with Crippen LogP contribution in [0.1, 0.15) is 56.2 Å². The summed E-state index contributed by atoms with van der Waals surface area (Å²) in [6.45, 7) is 8.58. The zero-order valence-electron chi connectivity index (χ0n) is 16.3. The molecule has 0 aromatic heterocycles. The molecule has 1 aromatic rings. The van der Waals surface area contributed by atoms with Crippen molar-refractivity contribution in [1.82, 2.24) is 0 Å². The lowest BCUT2D eigenvalue weighted by Gasteiger charge is -2.37. The quantitative estimate of drug-likeness (QED) is 0.693. The number of carbonyl (C=O) groups is 2. The molecule has 0 bridgehead atoms. The van der Waals surface area contributed by atoms with Crippen LogP contribution in [0, 0.1) is 13.8 Å². The summed E-state index contributed by atoms with van der Waals surface area (Å²) in [7, 11) is 0. The van der Waals surface area contributed by atoms with E-state index in [1.54, 1.807) is 6.92 Å². The van der Waals surface area contributed by atoms with E-state index in [1.165, 1.54) is 0 Å². The Morgan fingerprint density at radius 1 is 1.08 bits per heavy atom. The van der Waals surface area contributed by atoms with Gasteiger partial charge in [0.05, 0.1) is 19.1 Å². The summed E-state index contributed by atoms with van der Waals surface area (Å²) in [4.78, 5) is 25.2. The fraction of sp³-hybridized carbons (Fsp3) is 0.619. The smallest absolute Gasteiger partial charge is 0.350 e. The third-order valence-corrected chi connectivity index (χ3v) is 5.06. The summed E-state index contributed by atoms with van der Waals surface area (Å²) < 4.78 is 16.6. The molecule has 0 N–H and O–H groups in total. The molecule has 1 fully saturated rings. The number of hydrogen-bond donors (Lipinski definition) is 0. The summed E-state index contributed by atoms with van der Waals surface area (Å²) in [5, 5.41) is 0. The summed E-state index contributed by atoms with van der Waals surface area (Å²) >= 11 is 0. The lowest BCUT2D eigenvalue weighted by molar-refractivity contribution is -0.189. The van der Waals surface area contributed by atoms with E-state index < -0.39 is 11.6 Å². The van der Waals surface area contributed by atoms with Crippen LogP contribution >= 0.6 is 0 Å². The van der Waals surface area contributed by atoms with Gasteiger partial charge in [0.25, 0.3) is 0 Å². The maximum absolute atomic E-state index is 12.6. The first kappa shape index (κ1) is 20.4. The fourth-order valence-electron chi connectivity index (χ4n) is 3.60. The minimum atomic E-state index is -1.18. The van der Waals surface area contributed by atoms with Gasteiger partial charge in [0.15, 0.2) is 0 Å². The summed E-state index contributed by atoms with van der Waals surface area (Å²) in [5.41, 5.74) is 1.87. The first-order chi connectivity index (χ1) is 12.4. The van der Waals surface area contributed by atoms with Crippen molar-refractivity contribution in [2.45, 2.75) is 71.5 Å². The molecule has 0 saturated heterocycles. The van der Waals surface area contributed by atoms with Crippen LogP contribution in [0.5, 0.6) is 0 Å². The highest BCUT2D eigenvalue weighted by molar-refractivity contribution is 5.84. The van der Waals surface area contributed by atoms with E-state index in [1.807, 2.05) is 39.0 Å². The monoisotopic (exact) mass is 362 g/mol. The van der Waals surface area contributed by atoms with Crippen LogP contribution in [-0.4, -0.2) is 36.9 Å². The number of aryl methyl sites for hydroxylation is 2. The van der Waals surface area contributed by atoms with Crippen molar-refractivity contribution in [3.05, 3.63) is 34.9 Å². The van der Waals surface area contributed by atoms with Crippen LogP contribution in [0.15, 0.2) is 18.2 Å². The van der Waals surface area contributed by atoms with E-state index in [4.69, 9.17) is 14.2 Å². The molecule has 2 rings (SSSR count). The van der Waals surface area contributed by atoms with Crippen LogP contribution in [0.3, 0.4) is 0 Å². The molecule has 0 atom stereocenters. The highest BCUT2D eigenvalue weighted by Crippen LogP contribution is 2.35. The van der Waals surface area contributed by atoms with Gasteiger partial charge < -0.3 is 14.2 Å². The van der Waals surface area contributed by atoms with E-state index in [2.05, 4.69) is 0 Å². The van der Waals surface area contributed by atoms with Gasteiger partial charge in [-0.15, -0.1) is 0 Å². The molecule has 144 valence electrons. The number of ether oxygens (including phenoxy) is 3. The Labute approximate surface area is 156 Å². The molecule has 5 heteroatoms.